The van der Waals surface area contributed by atoms with E-state index in [1.807, 2.05) is 0 Å². The van der Waals surface area contributed by atoms with Crippen LogP contribution in [0.25, 0.3) is 0 Å². The molecule has 12 heavy (non-hydrogen) atoms. The number of hydrogen-bond acceptors (Lipinski definition) is 3. The number of rotatable bonds is 2. The van der Waals surface area contributed by atoms with E-state index in [-0.39, 0.29) is 19.5 Å². The van der Waals surface area contributed by atoms with E-state index in [4.69, 9.17) is 5.11 Å². The normalized spacial score (nSPS) is 26.8. The van der Waals surface area contributed by atoms with Gasteiger partial charge in [0, 0.05) is 13.1 Å². The highest BCUT2D eigenvalue weighted by Gasteiger charge is 2.36. The van der Waals surface area contributed by atoms with E-state index in [0.717, 1.165) is 0 Å². The molecule has 1 aliphatic rings. The lowest BCUT2D eigenvalue weighted by Gasteiger charge is -2.13. The van der Waals surface area contributed by atoms with Crippen LogP contribution in [-0.4, -0.2) is 42.8 Å². The molecule has 0 unspecified atom stereocenters. The fourth-order valence-corrected chi connectivity index (χ4v) is 2.02. The topological polar surface area (TPSA) is 57.6 Å². The molecule has 1 atom stereocenters. The van der Waals surface area contributed by atoms with Crippen LogP contribution in [0.3, 0.4) is 0 Å². The Balaban J connectivity index is 2.71. The molecule has 0 aliphatic carbocycles. The van der Waals surface area contributed by atoms with E-state index in [1.165, 1.54) is 0 Å². The number of sulfonamides is 1. The maximum atomic E-state index is 11.9. The van der Waals surface area contributed by atoms with Gasteiger partial charge in [-0.05, 0) is 6.42 Å². The molecular weight excluding hydrogens is 192 g/mol. The first kappa shape index (κ1) is 9.82. The van der Waals surface area contributed by atoms with Crippen LogP contribution in [0.15, 0.2) is 0 Å². The average Bonchev–Trinajstić information content (AvgIpc) is 2.35. The number of aliphatic hydroxyl groups is 1. The van der Waals surface area contributed by atoms with Crippen molar-refractivity contribution < 1.29 is 22.3 Å². The Morgan fingerprint density at radius 3 is 2.42 bits per heavy atom. The van der Waals surface area contributed by atoms with Crippen molar-refractivity contribution >= 4 is 10.0 Å². The zero-order valence-electron chi connectivity index (χ0n) is 6.15. The molecule has 0 radical (unpaired) electrons. The van der Waals surface area contributed by atoms with Gasteiger partial charge in [-0.15, -0.1) is 0 Å². The Labute approximate surface area is 68.8 Å². The minimum atomic E-state index is -4.47. The molecule has 1 fully saturated rings. The van der Waals surface area contributed by atoms with Gasteiger partial charge in [0.15, 0.2) is 0 Å². The zero-order valence-corrected chi connectivity index (χ0v) is 6.97. The highest BCUT2D eigenvalue weighted by Crippen LogP contribution is 2.18. The molecule has 0 bridgehead atoms. The molecule has 72 valence electrons. The first-order chi connectivity index (χ1) is 5.44. The van der Waals surface area contributed by atoms with Gasteiger partial charge in [-0.2, -0.15) is 13.1 Å². The van der Waals surface area contributed by atoms with Crippen molar-refractivity contribution in [2.75, 3.05) is 13.1 Å². The number of nitrogens with zero attached hydrogens (tertiary/aromatic N) is 1. The molecule has 4 nitrogen and oxygen atoms in total. The molecule has 7 heteroatoms. The summed E-state index contributed by atoms with van der Waals surface area (Å²) in [6, 6.07) is 0. The summed E-state index contributed by atoms with van der Waals surface area (Å²) in [4.78, 5) is 0. The summed E-state index contributed by atoms with van der Waals surface area (Å²) in [5.74, 6) is -3.39. The number of halogens is 2. The van der Waals surface area contributed by atoms with Crippen LogP contribution in [-0.2, 0) is 10.0 Å². The highest BCUT2D eigenvalue weighted by molar-refractivity contribution is 7.89. The molecule has 0 aromatic carbocycles. The predicted octanol–water partition coefficient (Wildman–Crippen LogP) is -0.395. The first-order valence-electron chi connectivity index (χ1n) is 3.40. The van der Waals surface area contributed by atoms with Crippen molar-refractivity contribution in [1.82, 2.24) is 4.31 Å². The molecule has 0 amide bonds. The Kier molecular flexibility index (Phi) is 2.64. The number of β-amino-alcohol motifs (C(OH)–C–C–N with tert-alkyl or cyclic N) is 1. The quantitative estimate of drug-likeness (QED) is 0.661. The van der Waals surface area contributed by atoms with Crippen LogP contribution in [0.2, 0.25) is 0 Å². The van der Waals surface area contributed by atoms with Gasteiger partial charge in [0.05, 0.1) is 6.10 Å². The van der Waals surface area contributed by atoms with Crippen LogP contribution in [0, 0.1) is 0 Å². The molecule has 0 aromatic rings. The number of hydrogen-bond donors (Lipinski definition) is 1. The van der Waals surface area contributed by atoms with Crippen LogP contribution >= 0.6 is 0 Å². The van der Waals surface area contributed by atoms with Gasteiger partial charge in [0.2, 0.25) is 0 Å². The third-order valence-electron chi connectivity index (χ3n) is 1.71. The fourth-order valence-electron chi connectivity index (χ4n) is 1.05. The van der Waals surface area contributed by atoms with Gasteiger partial charge in [-0.25, -0.2) is 8.42 Å². The summed E-state index contributed by atoms with van der Waals surface area (Å²) in [7, 11) is -4.47. The molecular formula is C5H9F2NO3S. The second-order valence-corrected chi connectivity index (χ2v) is 4.51. The van der Waals surface area contributed by atoms with Crippen molar-refractivity contribution in [2.45, 2.75) is 18.3 Å². The Hall–Kier alpha value is -0.270. The summed E-state index contributed by atoms with van der Waals surface area (Å²) in [5.41, 5.74) is 0. The van der Waals surface area contributed by atoms with Crippen LogP contribution in [0.4, 0.5) is 8.78 Å². The Morgan fingerprint density at radius 1 is 1.50 bits per heavy atom. The van der Waals surface area contributed by atoms with Crippen molar-refractivity contribution in [1.29, 1.82) is 0 Å². The monoisotopic (exact) mass is 201 g/mol. The van der Waals surface area contributed by atoms with Crippen molar-refractivity contribution in [3.63, 3.8) is 0 Å². The maximum Gasteiger partial charge on any atom is 0.350 e. The predicted molar refractivity (Wildman–Crippen MR) is 37.1 cm³/mol. The molecule has 1 rings (SSSR count). The average molecular weight is 201 g/mol. The molecule has 1 heterocycles. The third kappa shape index (κ3) is 1.73. The smallest absolute Gasteiger partial charge is 0.350 e. The van der Waals surface area contributed by atoms with Crippen molar-refractivity contribution in [2.24, 2.45) is 0 Å². The van der Waals surface area contributed by atoms with Crippen LogP contribution in [0.5, 0.6) is 0 Å². The number of alkyl halides is 2. The van der Waals surface area contributed by atoms with Gasteiger partial charge in [-0.3, -0.25) is 0 Å². The van der Waals surface area contributed by atoms with E-state index in [0.29, 0.717) is 4.31 Å². The van der Waals surface area contributed by atoms with Gasteiger partial charge in [-0.1, -0.05) is 0 Å². The minimum absolute atomic E-state index is 0.0200. The van der Waals surface area contributed by atoms with E-state index in [9.17, 15) is 17.2 Å². The first-order valence-corrected chi connectivity index (χ1v) is 4.90. The fraction of sp³-hybridized carbons (Fsp3) is 1.00. The SMILES string of the molecule is O=S(=O)(C(F)F)N1CC[C@@H](O)C1. The lowest BCUT2D eigenvalue weighted by molar-refractivity contribution is 0.184. The summed E-state index contributed by atoms with van der Waals surface area (Å²) in [5, 5.41) is 8.89. The Morgan fingerprint density at radius 2 is 2.08 bits per heavy atom. The van der Waals surface area contributed by atoms with Crippen molar-refractivity contribution in [3.05, 3.63) is 0 Å². The second-order valence-electron chi connectivity index (χ2n) is 2.61. The lowest BCUT2D eigenvalue weighted by atomic mass is 10.3. The molecule has 0 saturated carbocycles. The highest BCUT2D eigenvalue weighted by atomic mass is 32.2. The summed E-state index contributed by atoms with van der Waals surface area (Å²) < 4.78 is 45.9. The molecule has 1 saturated heterocycles. The summed E-state index contributed by atoms with van der Waals surface area (Å²) >= 11 is 0. The molecule has 1 N–H and O–H groups in total. The molecule has 0 aromatic heterocycles. The molecule has 0 spiro atoms. The van der Waals surface area contributed by atoms with Gasteiger partial charge >= 0.3 is 5.76 Å². The lowest BCUT2D eigenvalue weighted by Crippen LogP contribution is -2.34. The summed E-state index contributed by atoms with van der Waals surface area (Å²) in [6.07, 6.45) is -0.579. The standard InChI is InChI=1S/C5H9F2NO3S/c6-5(7)12(10,11)8-2-1-4(9)3-8/h4-5,9H,1-3H2/t4-/m1/s1. The second kappa shape index (κ2) is 3.23. The van der Waals surface area contributed by atoms with E-state index < -0.39 is 21.9 Å². The van der Waals surface area contributed by atoms with Crippen LogP contribution < -0.4 is 0 Å². The summed E-state index contributed by atoms with van der Waals surface area (Å²) in [6.45, 7) is -0.236. The Bertz CT molecular complexity index is 253. The van der Waals surface area contributed by atoms with Gasteiger partial charge in [0.25, 0.3) is 10.0 Å². The van der Waals surface area contributed by atoms with Crippen LogP contribution in [0.1, 0.15) is 6.42 Å². The largest absolute Gasteiger partial charge is 0.392 e. The zero-order chi connectivity index (χ0) is 9.35. The minimum Gasteiger partial charge on any atom is -0.392 e. The van der Waals surface area contributed by atoms with Gasteiger partial charge < -0.3 is 5.11 Å². The molecule has 1 aliphatic heterocycles. The van der Waals surface area contributed by atoms with E-state index in [2.05, 4.69) is 0 Å². The van der Waals surface area contributed by atoms with E-state index >= 15 is 0 Å². The van der Waals surface area contributed by atoms with Gasteiger partial charge in [0.1, 0.15) is 0 Å². The van der Waals surface area contributed by atoms with Crippen molar-refractivity contribution in [3.8, 4) is 0 Å². The van der Waals surface area contributed by atoms with E-state index in [1.54, 1.807) is 0 Å². The number of aliphatic hydroxyl groups excluding tert-OH is 1. The third-order valence-corrected chi connectivity index (χ3v) is 3.21. The maximum absolute atomic E-state index is 11.9.